The zero-order chi connectivity index (χ0) is 72.4. The molecule has 0 unspecified atom stereocenters. The standard InChI is InChI=1S/C22H16N2.C12H8N2.C11H9N.C10H8N2.2C9H7N.C7H10N2.C6H4N2.C5H5N/c1-3-7-17(8-4-1)19-11-13-23-21(15-19)22-16-20(12-14-24-22)18-9-5-2-6-10-18;1-3-9-5-6-10-4-2-8-14-12(10)11(9)13-7-1;1-2-4-10(5-3-1)11-6-8-12-9-7-11;1-3-7-11-9(5-1)10-6-2-4-8-12-10;1-2-6-9-8(4-1)5-3-7-10-9;1-2-4-9-7-10-6-5-8(9)3-1;1-9(2)7-5-3-4-6-8-7;7-5-6-1-3-8-4-2-6;1-2-4-6-5-3-1/h1-16H;1-8H;1-9H;1-8H;2*1-7H;3-6H,1-2H3;1-4H;1-5H. The Kier molecular flexibility index (Phi) is 29.1. The molecule has 18 rings (SSSR count). The van der Waals surface area contributed by atoms with Gasteiger partial charge in [-0.05, 0) is 172 Å². The van der Waals surface area contributed by atoms with Gasteiger partial charge < -0.3 is 4.90 Å². The topological polar surface area (TPSA) is 182 Å². The Morgan fingerprint density at radius 1 is 0.238 bits per heavy atom. The molecule has 0 radical (unpaired) electrons. The Morgan fingerprint density at radius 2 is 0.610 bits per heavy atom. The monoisotopic (exact) mass is 1360 g/mol. The molecular formula is C91H74N14. The molecule has 18 aromatic rings. The Bertz CT molecular complexity index is 4950. The van der Waals surface area contributed by atoms with Gasteiger partial charge in [-0.3, -0.25) is 54.8 Å². The van der Waals surface area contributed by atoms with Crippen molar-refractivity contribution in [2.75, 3.05) is 19.0 Å². The molecule has 14 nitrogen and oxygen atoms in total. The van der Waals surface area contributed by atoms with Crippen LogP contribution in [0.2, 0.25) is 0 Å². The van der Waals surface area contributed by atoms with Crippen molar-refractivity contribution < 1.29 is 0 Å². The second kappa shape index (κ2) is 41.8. The number of nitrogens with zero attached hydrogens (tertiary/aromatic N) is 14. The molecule has 0 aliphatic heterocycles. The highest BCUT2D eigenvalue weighted by Crippen LogP contribution is 2.27. The molecular weight excluding hydrogens is 1290 g/mol. The zero-order valence-corrected chi connectivity index (χ0v) is 58.0. The minimum absolute atomic E-state index is 0.653. The normalized spacial score (nSPS) is 9.80. The van der Waals surface area contributed by atoms with Crippen LogP contribution in [0.4, 0.5) is 5.82 Å². The maximum absolute atomic E-state index is 8.26. The fourth-order valence-electron chi connectivity index (χ4n) is 10.0. The Morgan fingerprint density at radius 3 is 1.05 bits per heavy atom. The van der Waals surface area contributed by atoms with Gasteiger partial charge in [-0.2, -0.15) is 5.26 Å². The molecule has 0 N–H and O–H groups in total. The molecule has 508 valence electrons. The van der Waals surface area contributed by atoms with Gasteiger partial charge in [-0.1, -0.05) is 188 Å². The van der Waals surface area contributed by atoms with Gasteiger partial charge in [0, 0.05) is 129 Å². The van der Waals surface area contributed by atoms with Crippen LogP contribution in [0.25, 0.3) is 99.6 Å². The summed E-state index contributed by atoms with van der Waals surface area (Å²) in [6.45, 7) is 0. The van der Waals surface area contributed by atoms with E-state index in [9.17, 15) is 0 Å². The minimum Gasteiger partial charge on any atom is -0.363 e. The number of benzene rings is 6. The number of para-hydroxylation sites is 1. The van der Waals surface area contributed by atoms with E-state index in [0.717, 1.165) is 67.0 Å². The first kappa shape index (κ1) is 73.2. The van der Waals surface area contributed by atoms with Crippen molar-refractivity contribution in [3.63, 3.8) is 0 Å². The van der Waals surface area contributed by atoms with Crippen molar-refractivity contribution in [1.82, 2.24) is 59.8 Å². The summed E-state index contributed by atoms with van der Waals surface area (Å²) in [5.74, 6) is 0.998. The van der Waals surface area contributed by atoms with Crippen molar-refractivity contribution in [2.24, 2.45) is 0 Å². The number of hydrogen-bond acceptors (Lipinski definition) is 14. The van der Waals surface area contributed by atoms with Gasteiger partial charge in [0.1, 0.15) is 5.82 Å². The number of pyridine rings is 12. The van der Waals surface area contributed by atoms with E-state index >= 15 is 0 Å². The molecule has 0 amide bonds. The van der Waals surface area contributed by atoms with E-state index in [0.29, 0.717) is 5.56 Å². The lowest BCUT2D eigenvalue weighted by Gasteiger charge is -2.08. The molecule has 12 heterocycles. The summed E-state index contributed by atoms with van der Waals surface area (Å²) in [5, 5.41) is 14.2. The summed E-state index contributed by atoms with van der Waals surface area (Å²) >= 11 is 0. The maximum atomic E-state index is 8.26. The molecule has 6 aromatic carbocycles. The predicted molar refractivity (Wildman–Crippen MR) is 428 cm³/mol. The van der Waals surface area contributed by atoms with Gasteiger partial charge in [-0.15, -0.1) is 0 Å². The molecule has 0 aliphatic carbocycles. The van der Waals surface area contributed by atoms with Crippen LogP contribution in [0.3, 0.4) is 0 Å². The molecule has 105 heavy (non-hydrogen) atoms. The van der Waals surface area contributed by atoms with Gasteiger partial charge in [0.2, 0.25) is 0 Å². The van der Waals surface area contributed by atoms with Gasteiger partial charge in [0.15, 0.2) is 0 Å². The Labute approximate surface area is 612 Å². The third-order valence-electron chi connectivity index (χ3n) is 15.3. The lowest BCUT2D eigenvalue weighted by Crippen LogP contribution is -2.09. The van der Waals surface area contributed by atoms with Crippen molar-refractivity contribution >= 4 is 49.3 Å². The van der Waals surface area contributed by atoms with E-state index in [1.807, 2.05) is 275 Å². The summed E-state index contributed by atoms with van der Waals surface area (Å²) in [7, 11) is 3.95. The Hall–Kier alpha value is -14.6. The molecule has 0 fully saturated rings. The highest BCUT2D eigenvalue weighted by Gasteiger charge is 2.07. The van der Waals surface area contributed by atoms with Crippen molar-refractivity contribution in [3.05, 3.63) is 420 Å². The summed E-state index contributed by atoms with van der Waals surface area (Å²) in [6, 6.07) is 106. The molecule has 0 atom stereocenters. The first-order valence-corrected chi connectivity index (χ1v) is 33.7. The lowest BCUT2D eigenvalue weighted by molar-refractivity contribution is 1.07. The van der Waals surface area contributed by atoms with E-state index < -0.39 is 0 Å². The third kappa shape index (κ3) is 24.1. The predicted octanol–water partition coefficient (Wildman–Crippen LogP) is 20.8. The summed E-state index contributed by atoms with van der Waals surface area (Å²) < 4.78 is 0. The second-order valence-corrected chi connectivity index (χ2v) is 22.7. The third-order valence-corrected chi connectivity index (χ3v) is 15.3. The number of fused-ring (bicyclic) bond motifs is 5. The van der Waals surface area contributed by atoms with Gasteiger partial charge >= 0.3 is 0 Å². The summed E-state index contributed by atoms with van der Waals surface area (Å²) in [5.41, 5.74) is 14.4. The van der Waals surface area contributed by atoms with Gasteiger partial charge in [-0.25, -0.2) is 4.98 Å². The number of nitriles is 1. The largest absolute Gasteiger partial charge is 0.363 e. The van der Waals surface area contributed by atoms with Crippen molar-refractivity contribution in [2.45, 2.75) is 0 Å². The first-order valence-electron chi connectivity index (χ1n) is 33.7. The lowest BCUT2D eigenvalue weighted by atomic mass is 10.0. The number of hydrogen-bond donors (Lipinski definition) is 0. The summed E-state index contributed by atoms with van der Waals surface area (Å²) in [4.78, 5) is 51.8. The number of anilines is 1. The molecule has 0 saturated heterocycles. The maximum Gasteiger partial charge on any atom is 0.127 e. The molecule has 0 aliphatic rings. The molecule has 14 heteroatoms. The highest BCUT2D eigenvalue weighted by atomic mass is 15.1. The molecule has 12 aromatic heterocycles. The average molecular weight is 1360 g/mol. The van der Waals surface area contributed by atoms with Crippen molar-refractivity contribution in [3.8, 4) is 62.2 Å². The van der Waals surface area contributed by atoms with Gasteiger partial charge in [0.25, 0.3) is 0 Å². The van der Waals surface area contributed by atoms with Crippen LogP contribution in [0.15, 0.2) is 415 Å². The molecule has 0 bridgehead atoms. The summed E-state index contributed by atoms with van der Waals surface area (Å²) in [6.07, 6.45) is 28.4. The smallest absolute Gasteiger partial charge is 0.127 e. The van der Waals surface area contributed by atoms with Crippen LogP contribution in [-0.4, -0.2) is 73.9 Å². The van der Waals surface area contributed by atoms with E-state index in [-0.39, 0.29) is 0 Å². The fourth-order valence-corrected chi connectivity index (χ4v) is 10.0. The van der Waals surface area contributed by atoms with Crippen LogP contribution in [0.5, 0.6) is 0 Å². The van der Waals surface area contributed by atoms with E-state index in [1.165, 1.54) is 38.4 Å². The van der Waals surface area contributed by atoms with E-state index in [2.05, 4.69) is 157 Å². The SMILES string of the molecule is CN(C)c1ccccn1.N#Cc1ccncc1.c1ccc(-c2ccccn2)nc1.c1ccc(-c2ccnc(-c3cc(-c4ccccc4)ccn3)c2)cc1.c1ccc(-c2ccncc2)cc1.c1ccc2cnccc2c1.c1ccc2ncccc2c1.c1ccncc1.c1cnc2c(c1)ccc1cccnc12. The van der Waals surface area contributed by atoms with Crippen LogP contribution in [0.1, 0.15) is 5.56 Å². The van der Waals surface area contributed by atoms with E-state index in [1.54, 1.807) is 67.9 Å². The minimum atomic E-state index is 0.653. The van der Waals surface area contributed by atoms with Crippen LogP contribution >= 0.6 is 0 Å². The molecule has 0 saturated carbocycles. The highest BCUT2D eigenvalue weighted by molar-refractivity contribution is 6.02. The number of rotatable bonds is 6. The van der Waals surface area contributed by atoms with Gasteiger partial charge in [0.05, 0.1) is 51.0 Å². The molecule has 0 spiro atoms. The first-order chi connectivity index (χ1) is 52.0. The van der Waals surface area contributed by atoms with Crippen LogP contribution in [-0.2, 0) is 0 Å². The zero-order valence-electron chi connectivity index (χ0n) is 58.0. The fraction of sp³-hybridized carbons (Fsp3) is 0.0220. The van der Waals surface area contributed by atoms with E-state index in [4.69, 9.17) is 5.26 Å². The van der Waals surface area contributed by atoms with Crippen LogP contribution in [0, 0.1) is 11.3 Å². The Balaban J connectivity index is 0.000000130. The average Bonchev–Trinajstić information content (AvgIpc) is 0.784. The number of aromatic nitrogens is 12. The second-order valence-electron chi connectivity index (χ2n) is 22.7. The quantitative estimate of drug-likeness (QED) is 0.143. The van der Waals surface area contributed by atoms with Crippen LogP contribution < -0.4 is 4.90 Å². The van der Waals surface area contributed by atoms with Crippen molar-refractivity contribution in [1.29, 1.82) is 5.26 Å².